The van der Waals surface area contributed by atoms with Crippen LogP contribution in [0.25, 0.3) is 5.57 Å². The van der Waals surface area contributed by atoms with E-state index in [0.717, 1.165) is 6.42 Å². The summed E-state index contributed by atoms with van der Waals surface area (Å²) >= 11 is 0. The fraction of sp³-hybridized carbons (Fsp3) is 0.300. The molecule has 0 fully saturated rings. The van der Waals surface area contributed by atoms with Crippen LogP contribution in [0.15, 0.2) is 30.6 Å². The molecule has 0 saturated carbocycles. The van der Waals surface area contributed by atoms with Gasteiger partial charge < -0.3 is 5.73 Å². The van der Waals surface area contributed by atoms with Gasteiger partial charge in [0.05, 0.1) is 0 Å². The van der Waals surface area contributed by atoms with Gasteiger partial charge in [0, 0.05) is 12.4 Å². The molecule has 0 spiro atoms. The van der Waals surface area contributed by atoms with Crippen LogP contribution < -0.4 is 5.73 Å². The van der Waals surface area contributed by atoms with E-state index in [-0.39, 0.29) is 0 Å². The topological polar surface area (TPSA) is 38.9 Å². The number of hydrogen-bond acceptors (Lipinski definition) is 2. The molecular weight excluding hydrogens is 148 g/mol. The van der Waals surface area contributed by atoms with E-state index < -0.39 is 0 Å². The van der Waals surface area contributed by atoms with Crippen molar-refractivity contribution in [3.63, 3.8) is 0 Å². The third-order valence-corrected chi connectivity index (χ3v) is 1.75. The van der Waals surface area contributed by atoms with Crippen LogP contribution >= 0.6 is 0 Å². The Morgan fingerprint density at radius 1 is 1.50 bits per heavy atom. The van der Waals surface area contributed by atoms with Crippen molar-refractivity contribution in [3.8, 4) is 0 Å². The largest absolute Gasteiger partial charge is 0.330 e. The van der Waals surface area contributed by atoms with Crippen molar-refractivity contribution < 1.29 is 0 Å². The summed E-state index contributed by atoms with van der Waals surface area (Å²) in [7, 11) is 0. The molecule has 12 heavy (non-hydrogen) atoms. The van der Waals surface area contributed by atoms with Crippen LogP contribution in [0.4, 0.5) is 0 Å². The summed E-state index contributed by atoms with van der Waals surface area (Å²) in [5.74, 6) is 0. The number of nitrogens with two attached hydrogens (primary N) is 1. The van der Waals surface area contributed by atoms with Crippen LogP contribution in [0.1, 0.15) is 18.9 Å². The smallest absolute Gasteiger partial charge is 0.0273 e. The number of nitrogens with zero attached hydrogens (tertiary/aromatic N) is 1. The lowest BCUT2D eigenvalue weighted by Crippen LogP contribution is -1.95. The Morgan fingerprint density at radius 2 is 2.17 bits per heavy atom. The molecule has 0 saturated heterocycles. The van der Waals surface area contributed by atoms with Crippen LogP contribution in [0.5, 0.6) is 0 Å². The van der Waals surface area contributed by atoms with Crippen LogP contribution in [-0.2, 0) is 0 Å². The second-order valence-corrected chi connectivity index (χ2v) is 2.70. The van der Waals surface area contributed by atoms with Crippen molar-refractivity contribution in [1.82, 2.24) is 4.98 Å². The lowest BCUT2D eigenvalue weighted by atomic mass is 10.1. The number of pyridine rings is 1. The number of rotatable bonds is 3. The molecule has 0 aliphatic rings. The average molecular weight is 162 g/mol. The molecule has 2 heteroatoms. The van der Waals surface area contributed by atoms with Gasteiger partial charge in [-0.05, 0) is 43.2 Å². The molecule has 64 valence electrons. The second-order valence-electron chi connectivity index (χ2n) is 2.70. The highest BCUT2D eigenvalue weighted by Crippen LogP contribution is 2.11. The van der Waals surface area contributed by atoms with Gasteiger partial charge in [0.15, 0.2) is 0 Å². The highest BCUT2D eigenvalue weighted by molar-refractivity contribution is 5.62. The average Bonchev–Trinajstić information content (AvgIpc) is 2.15. The van der Waals surface area contributed by atoms with Gasteiger partial charge in [0.2, 0.25) is 0 Å². The summed E-state index contributed by atoms with van der Waals surface area (Å²) in [6.07, 6.45) is 6.69. The summed E-state index contributed by atoms with van der Waals surface area (Å²) in [6.45, 7) is 2.80. The normalized spacial score (nSPS) is 11.7. The Morgan fingerprint density at radius 3 is 2.75 bits per heavy atom. The van der Waals surface area contributed by atoms with Crippen molar-refractivity contribution in [3.05, 3.63) is 36.2 Å². The molecule has 0 atom stereocenters. The van der Waals surface area contributed by atoms with E-state index in [4.69, 9.17) is 5.73 Å². The van der Waals surface area contributed by atoms with Crippen molar-refractivity contribution >= 4 is 5.57 Å². The van der Waals surface area contributed by atoms with E-state index in [2.05, 4.69) is 18.0 Å². The van der Waals surface area contributed by atoms with E-state index in [1.807, 2.05) is 12.1 Å². The minimum Gasteiger partial charge on any atom is -0.330 e. The molecule has 0 unspecified atom stereocenters. The van der Waals surface area contributed by atoms with Gasteiger partial charge in [0.25, 0.3) is 0 Å². The maximum Gasteiger partial charge on any atom is 0.0273 e. The monoisotopic (exact) mass is 162 g/mol. The zero-order valence-electron chi connectivity index (χ0n) is 7.33. The predicted octanol–water partition coefficient (Wildman–Crippen LogP) is 1.83. The highest BCUT2D eigenvalue weighted by Gasteiger charge is 1.91. The first-order valence-corrected chi connectivity index (χ1v) is 4.12. The molecule has 2 nitrogen and oxygen atoms in total. The maximum absolute atomic E-state index is 5.40. The molecule has 0 amide bonds. The standard InChI is InChI=1S/C10H14N2/c1-9(3-2-6-11)10-4-7-12-8-5-10/h3-5,7-8H,2,6,11H2,1H3/b9-3-. The van der Waals surface area contributed by atoms with Crippen LogP contribution in [-0.4, -0.2) is 11.5 Å². The number of hydrogen-bond donors (Lipinski definition) is 1. The van der Waals surface area contributed by atoms with E-state index in [1.165, 1.54) is 11.1 Å². The molecule has 0 aliphatic heterocycles. The Balaban J connectivity index is 2.71. The third kappa shape index (κ3) is 2.47. The summed E-state index contributed by atoms with van der Waals surface area (Å²) in [5, 5.41) is 0. The molecule has 1 aromatic heterocycles. The number of allylic oxidation sites excluding steroid dienone is 1. The van der Waals surface area contributed by atoms with Crippen LogP contribution in [0.2, 0.25) is 0 Å². The van der Waals surface area contributed by atoms with Crippen molar-refractivity contribution in [2.75, 3.05) is 6.54 Å². The lowest BCUT2D eigenvalue weighted by molar-refractivity contribution is 1.01. The Kier molecular flexibility index (Phi) is 3.48. The van der Waals surface area contributed by atoms with Gasteiger partial charge in [-0.15, -0.1) is 0 Å². The molecule has 2 N–H and O–H groups in total. The summed E-state index contributed by atoms with van der Waals surface area (Å²) in [4.78, 5) is 3.96. The van der Waals surface area contributed by atoms with E-state index >= 15 is 0 Å². The minimum absolute atomic E-state index is 0.711. The molecule has 0 aliphatic carbocycles. The Labute approximate surface area is 73.1 Å². The second kappa shape index (κ2) is 4.67. The van der Waals surface area contributed by atoms with Gasteiger partial charge in [0.1, 0.15) is 0 Å². The molecule has 1 heterocycles. The zero-order chi connectivity index (χ0) is 8.81. The van der Waals surface area contributed by atoms with E-state index in [0.29, 0.717) is 6.54 Å². The Bertz CT molecular complexity index is 252. The van der Waals surface area contributed by atoms with Crippen molar-refractivity contribution in [2.45, 2.75) is 13.3 Å². The van der Waals surface area contributed by atoms with Crippen molar-refractivity contribution in [2.24, 2.45) is 5.73 Å². The van der Waals surface area contributed by atoms with Crippen LogP contribution in [0.3, 0.4) is 0 Å². The van der Waals surface area contributed by atoms with Gasteiger partial charge in [-0.1, -0.05) is 6.08 Å². The van der Waals surface area contributed by atoms with Gasteiger partial charge in [-0.25, -0.2) is 0 Å². The van der Waals surface area contributed by atoms with Crippen LogP contribution in [0, 0.1) is 0 Å². The predicted molar refractivity (Wildman–Crippen MR) is 51.6 cm³/mol. The van der Waals surface area contributed by atoms with Crippen molar-refractivity contribution in [1.29, 1.82) is 0 Å². The fourth-order valence-electron chi connectivity index (χ4n) is 1.03. The quantitative estimate of drug-likeness (QED) is 0.736. The van der Waals surface area contributed by atoms with Gasteiger partial charge >= 0.3 is 0 Å². The molecular formula is C10H14N2. The fourth-order valence-corrected chi connectivity index (χ4v) is 1.03. The molecule has 1 rings (SSSR count). The SMILES string of the molecule is C/C(=C/CCN)c1ccncc1. The minimum atomic E-state index is 0.711. The Hall–Kier alpha value is -1.15. The lowest BCUT2D eigenvalue weighted by Gasteiger charge is -1.99. The first-order chi connectivity index (χ1) is 5.84. The first kappa shape index (κ1) is 8.94. The van der Waals surface area contributed by atoms with Gasteiger partial charge in [-0.3, -0.25) is 4.98 Å². The zero-order valence-corrected chi connectivity index (χ0v) is 7.33. The maximum atomic E-state index is 5.40. The molecule has 1 aromatic rings. The summed E-state index contributed by atoms with van der Waals surface area (Å²) < 4.78 is 0. The third-order valence-electron chi connectivity index (χ3n) is 1.75. The molecule has 0 bridgehead atoms. The van der Waals surface area contributed by atoms with E-state index in [9.17, 15) is 0 Å². The number of aromatic nitrogens is 1. The molecule has 0 radical (unpaired) electrons. The van der Waals surface area contributed by atoms with E-state index in [1.54, 1.807) is 12.4 Å². The van der Waals surface area contributed by atoms with Gasteiger partial charge in [-0.2, -0.15) is 0 Å². The summed E-state index contributed by atoms with van der Waals surface area (Å²) in [6, 6.07) is 4.00. The first-order valence-electron chi connectivity index (χ1n) is 4.12. The molecule has 0 aromatic carbocycles. The summed E-state index contributed by atoms with van der Waals surface area (Å²) in [5.41, 5.74) is 7.89. The highest BCUT2D eigenvalue weighted by atomic mass is 14.6.